The fourth-order valence-electron chi connectivity index (χ4n) is 3.61. The van der Waals surface area contributed by atoms with Crippen LogP contribution in [0.15, 0.2) is 67.1 Å². The first kappa shape index (κ1) is 20.2. The quantitative estimate of drug-likeness (QED) is 0.387. The van der Waals surface area contributed by atoms with Gasteiger partial charge < -0.3 is 11.1 Å². The van der Waals surface area contributed by atoms with Crippen LogP contribution in [-0.4, -0.2) is 31.5 Å². The molecule has 0 spiro atoms. The maximum absolute atomic E-state index is 14.7. The Labute approximate surface area is 187 Å². The number of nitrogens with zero attached hydrogens (tertiary/aromatic N) is 5. The van der Waals surface area contributed by atoms with E-state index in [4.69, 9.17) is 5.73 Å². The van der Waals surface area contributed by atoms with Gasteiger partial charge in [0, 0.05) is 24.0 Å². The maximum Gasteiger partial charge on any atom is 0.223 e. The lowest BCUT2D eigenvalue weighted by Gasteiger charge is -2.08. The van der Waals surface area contributed by atoms with Crippen molar-refractivity contribution in [1.29, 1.82) is 0 Å². The molecule has 3 heterocycles. The zero-order chi connectivity index (χ0) is 21.9. The van der Waals surface area contributed by atoms with E-state index in [-0.39, 0.29) is 5.69 Å². The van der Waals surface area contributed by atoms with E-state index in [1.54, 1.807) is 17.1 Å². The largest absolute Gasteiger partial charge is 0.352 e. The highest BCUT2D eigenvalue weighted by atomic mass is 32.1. The van der Waals surface area contributed by atoms with Gasteiger partial charge in [-0.3, -0.25) is 4.68 Å². The van der Waals surface area contributed by atoms with Crippen molar-refractivity contribution in [3.63, 3.8) is 0 Å². The molecule has 0 fully saturated rings. The van der Waals surface area contributed by atoms with Crippen LogP contribution in [0.25, 0.3) is 31.8 Å². The van der Waals surface area contributed by atoms with E-state index in [2.05, 4.69) is 37.7 Å². The molecule has 0 aliphatic rings. The standard InChI is InChI=1S/C23H20FN7S/c24-19-14-27-23(26-8-10-31-11-9-28-30-31)29-21(19)20-12-15-5-3-7-18(22(15)32-20)17-6-2-1-4-16(17)13-25/h1-7,9,11-12,14H,8,10,13,25H2,(H,26,27,29). The first-order valence-electron chi connectivity index (χ1n) is 10.1. The molecule has 0 unspecified atom stereocenters. The summed E-state index contributed by atoms with van der Waals surface area (Å²) in [6.45, 7) is 1.60. The van der Waals surface area contributed by atoms with Gasteiger partial charge in [0.2, 0.25) is 5.95 Å². The Balaban J connectivity index is 1.48. The Morgan fingerprint density at radius 1 is 1.09 bits per heavy atom. The number of benzene rings is 2. The van der Waals surface area contributed by atoms with Crippen molar-refractivity contribution in [2.24, 2.45) is 5.73 Å². The van der Waals surface area contributed by atoms with E-state index in [9.17, 15) is 4.39 Å². The highest BCUT2D eigenvalue weighted by Gasteiger charge is 2.16. The minimum Gasteiger partial charge on any atom is -0.352 e. The highest BCUT2D eigenvalue weighted by Crippen LogP contribution is 2.40. The Morgan fingerprint density at radius 3 is 2.81 bits per heavy atom. The summed E-state index contributed by atoms with van der Waals surface area (Å²) in [4.78, 5) is 9.26. The number of fused-ring (bicyclic) bond motifs is 1. The van der Waals surface area contributed by atoms with E-state index in [1.807, 2.05) is 36.4 Å². The van der Waals surface area contributed by atoms with Crippen molar-refractivity contribution in [3.8, 4) is 21.7 Å². The number of anilines is 1. The molecule has 3 aromatic heterocycles. The molecule has 0 atom stereocenters. The number of halogens is 1. The first-order valence-corrected chi connectivity index (χ1v) is 11.0. The molecular weight excluding hydrogens is 425 g/mol. The third kappa shape index (κ3) is 3.95. The molecule has 2 aromatic carbocycles. The second-order valence-corrected chi connectivity index (χ2v) is 8.23. The molecule has 0 aliphatic carbocycles. The first-order chi connectivity index (χ1) is 15.7. The van der Waals surface area contributed by atoms with Gasteiger partial charge in [-0.25, -0.2) is 14.4 Å². The summed E-state index contributed by atoms with van der Waals surface area (Å²) < 4.78 is 17.5. The Morgan fingerprint density at radius 2 is 1.97 bits per heavy atom. The predicted molar refractivity (Wildman–Crippen MR) is 125 cm³/mol. The van der Waals surface area contributed by atoms with Crippen molar-refractivity contribution in [2.45, 2.75) is 13.1 Å². The van der Waals surface area contributed by atoms with Crippen LogP contribution in [0.2, 0.25) is 0 Å². The summed E-state index contributed by atoms with van der Waals surface area (Å²) in [5.41, 5.74) is 9.48. The molecule has 32 heavy (non-hydrogen) atoms. The van der Waals surface area contributed by atoms with E-state index >= 15 is 0 Å². The summed E-state index contributed by atoms with van der Waals surface area (Å²) >= 11 is 1.51. The molecule has 0 saturated carbocycles. The van der Waals surface area contributed by atoms with Crippen LogP contribution in [0, 0.1) is 5.82 Å². The van der Waals surface area contributed by atoms with Crippen molar-refractivity contribution in [3.05, 3.63) is 78.5 Å². The van der Waals surface area contributed by atoms with Crippen molar-refractivity contribution >= 4 is 27.4 Å². The molecule has 160 valence electrons. The van der Waals surface area contributed by atoms with Crippen molar-refractivity contribution < 1.29 is 4.39 Å². The Bertz CT molecular complexity index is 1360. The summed E-state index contributed by atoms with van der Waals surface area (Å²) in [5, 5.41) is 11.8. The lowest BCUT2D eigenvalue weighted by molar-refractivity contribution is 0.604. The Kier molecular flexibility index (Phi) is 5.57. The van der Waals surface area contributed by atoms with Crippen LogP contribution < -0.4 is 11.1 Å². The minimum absolute atomic E-state index is 0.280. The van der Waals surface area contributed by atoms with Gasteiger partial charge in [0.1, 0.15) is 5.69 Å². The Hall–Kier alpha value is -3.69. The monoisotopic (exact) mass is 445 g/mol. The number of nitrogens with one attached hydrogen (secondary N) is 1. The van der Waals surface area contributed by atoms with Gasteiger partial charge in [-0.15, -0.1) is 16.4 Å². The third-order valence-electron chi connectivity index (χ3n) is 5.15. The lowest BCUT2D eigenvalue weighted by Crippen LogP contribution is -2.13. The zero-order valence-electron chi connectivity index (χ0n) is 17.1. The molecule has 0 bridgehead atoms. The highest BCUT2D eigenvalue weighted by molar-refractivity contribution is 7.22. The predicted octanol–water partition coefficient (Wildman–Crippen LogP) is 4.33. The topological polar surface area (TPSA) is 94.5 Å². The van der Waals surface area contributed by atoms with E-state index in [0.717, 1.165) is 31.7 Å². The zero-order valence-corrected chi connectivity index (χ0v) is 17.9. The van der Waals surface area contributed by atoms with Gasteiger partial charge in [0.05, 0.1) is 23.8 Å². The summed E-state index contributed by atoms with van der Waals surface area (Å²) in [5.74, 6) is -0.0880. The van der Waals surface area contributed by atoms with E-state index in [1.165, 1.54) is 17.5 Å². The smallest absolute Gasteiger partial charge is 0.223 e. The van der Waals surface area contributed by atoms with Crippen LogP contribution in [0.3, 0.4) is 0 Å². The van der Waals surface area contributed by atoms with Gasteiger partial charge in [0.25, 0.3) is 0 Å². The fraction of sp³-hybridized carbons (Fsp3) is 0.130. The number of aromatic nitrogens is 5. The van der Waals surface area contributed by atoms with Crippen LogP contribution in [0.4, 0.5) is 10.3 Å². The van der Waals surface area contributed by atoms with Gasteiger partial charge in [-0.05, 0) is 28.1 Å². The fourth-order valence-corrected chi connectivity index (χ4v) is 4.79. The van der Waals surface area contributed by atoms with E-state index in [0.29, 0.717) is 25.6 Å². The van der Waals surface area contributed by atoms with Crippen LogP contribution in [0.1, 0.15) is 5.56 Å². The third-order valence-corrected chi connectivity index (χ3v) is 6.34. The van der Waals surface area contributed by atoms with Crippen molar-refractivity contribution in [2.75, 3.05) is 11.9 Å². The second-order valence-electron chi connectivity index (χ2n) is 7.18. The van der Waals surface area contributed by atoms with E-state index < -0.39 is 5.82 Å². The number of hydrogen-bond acceptors (Lipinski definition) is 7. The molecular formula is C23H20FN7S. The molecule has 5 rings (SSSR count). The summed E-state index contributed by atoms with van der Waals surface area (Å²) in [6, 6.07) is 16.2. The molecule has 3 N–H and O–H groups in total. The minimum atomic E-state index is -0.456. The molecule has 9 heteroatoms. The molecule has 0 radical (unpaired) electrons. The number of nitrogens with two attached hydrogens (primary N) is 1. The van der Waals surface area contributed by atoms with Crippen LogP contribution in [-0.2, 0) is 13.1 Å². The molecule has 0 amide bonds. The second kappa shape index (κ2) is 8.81. The van der Waals surface area contributed by atoms with Gasteiger partial charge in [-0.2, -0.15) is 0 Å². The lowest BCUT2D eigenvalue weighted by atomic mass is 9.99. The maximum atomic E-state index is 14.7. The molecule has 0 aliphatic heterocycles. The normalized spacial score (nSPS) is 11.2. The summed E-state index contributed by atoms with van der Waals surface area (Å²) in [7, 11) is 0. The SMILES string of the molecule is NCc1ccccc1-c1cccc2cc(-c3nc(NCCn4ccnn4)ncc3F)sc12. The molecule has 5 aromatic rings. The number of rotatable bonds is 7. The molecule has 0 saturated heterocycles. The summed E-state index contributed by atoms with van der Waals surface area (Å²) in [6.07, 6.45) is 4.60. The average molecular weight is 446 g/mol. The molecule has 7 nitrogen and oxygen atoms in total. The average Bonchev–Trinajstić information content (AvgIpc) is 3.50. The van der Waals surface area contributed by atoms with Crippen LogP contribution in [0.5, 0.6) is 0 Å². The van der Waals surface area contributed by atoms with Gasteiger partial charge in [-0.1, -0.05) is 47.7 Å². The van der Waals surface area contributed by atoms with Crippen LogP contribution >= 0.6 is 11.3 Å². The van der Waals surface area contributed by atoms with Gasteiger partial charge >= 0.3 is 0 Å². The van der Waals surface area contributed by atoms with Crippen molar-refractivity contribution in [1.82, 2.24) is 25.0 Å². The number of thiophene rings is 1. The van der Waals surface area contributed by atoms with Gasteiger partial charge in [0.15, 0.2) is 5.82 Å². The number of hydrogen-bond donors (Lipinski definition) is 2.